The zero-order valence-electron chi connectivity index (χ0n) is 12.9. The number of nitrogens with one attached hydrogen (secondary N) is 1. The number of hydrogen-bond acceptors (Lipinski definition) is 4. The molecule has 0 spiro atoms. The molecule has 0 atom stereocenters. The van der Waals surface area contributed by atoms with Crippen molar-refractivity contribution >= 4 is 45.5 Å². The van der Waals surface area contributed by atoms with Gasteiger partial charge in [0.15, 0.2) is 0 Å². The Kier molecular flexibility index (Phi) is 4.03. The smallest absolute Gasteiger partial charge is 0.289 e. The maximum absolute atomic E-state index is 13.4. The van der Waals surface area contributed by atoms with E-state index in [-0.39, 0.29) is 11.1 Å². The van der Waals surface area contributed by atoms with Crippen LogP contribution in [-0.4, -0.2) is 16.1 Å². The van der Waals surface area contributed by atoms with Gasteiger partial charge in [0.2, 0.25) is 0 Å². The summed E-state index contributed by atoms with van der Waals surface area (Å²) >= 11 is 1.06. The average molecular weight is 349 g/mol. The Morgan fingerprint density at radius 2 is 1.96 bits per heavy atom. The highest BCUT2D eigenvalue weighted by Crippen LogP contribution is 2.30. The van der Waals surface area contributed by atoms with Gasteiger partial charge < -0.3 is 5.32 Å². The molecule has 4 nitrogen and oxygen atoms in total. The molecule has 1 fully saturated rings. The standard InChI is InChI=1S/C19H12FN3OS/c20-14-7-2-8-15(11-14)22-18-16(25-19(24)23-18)10-13-5-1-4-12-6-3-9-21-17(12)13/h1-11H,(H,22,23,24)/b16-10-. The van der Waals surface area contributed by atoms with E-state index in [2.05, 4.69) is 15.3 Å². The highest BCUT2D eigenvalue weighted by Gasteiger charge is 2.23. The molecule has 6 heteroatoms. The molecule has 1 saturated heterocycles. The van der Waals surface area contributed by atoms with Crippen molar-refractivity contribution in [2.75, 3.05) is 0 Å². The summed E-state index contributed by atoms with van der Waals surface area (Å²) in [4.78, 5) is 21.3. The largest absolute Gasteiger partial charge is 0.300 e. The number of rotatable bonds is 2. The van der Waals surface area contributed by atoms with Gasteiger partial charge in [-0.3, -0.25) is 9.78 Å². The third-order valence-electron chi connectivity index (χ3n) is 3.66. The first-order chi connectivity index (χ1) is 12.2. The molecule has 25 heavy (non-hydrogen) atoms. The maximum atomic E-state index is 13.4. The van der Waals surface area contributed by atoms with E-state index in [1.807, 2.05) is 36.4 Å². The van der Waals surface area contributed by atoms with Crippen LogP contribution in [0, 0.1) is 5.82 Å². The third kappa shape index (κ3) is 3.29. The van der Waals surface area contributed by atoms with Gasteiger partial charge in [-0.2, -0.15) is 0 Å². The Morgan fingerprint density at radius 3 is 2.84 bits per heavy atom. The predicted molar refractivity (Wildman–Crippen MR) is 99.3 cm³/mol. The summed E-state index contributed by atoms with van der Waals surface area (Å²) in [5, 5.41) is 3.51. The van der Waals surface area contributed by atoms with Crippen LogP contribution in [0.2, 0.25) is 0 Å². The number of aliphatic imine (C=N–C) groups is 1. The van der Waals surface area contributed by atoms with Gasteiger partial charge >= 0.3 is 0 Å². The minimum Gasteiger partial charge on any atom is -0.300 e. The molecule has 1 aliphatic heterocycles. The Bertz CT molecular complexity index is 1040. The summed E-state index contributed by atoms with van der Waals surface area (Å²) in [6.45, 7) is 0. The molecule has 0 saturated carbocycles. The molecule has 2 aromatic carbocycles. The van der Waals surface area contributed by atoms with Crippen molar-refractivity contribution < 1.29 is 9.18 Å². The monoisotopic (exact) mass is 349 g/mol. The second-order valence-corrected chi connectivity index (χ2v) is 6.40. The molecular formula is C19H12FN3OS. The predicted octanol–water partition coefficient (Wildman–Crippen LogP) is 4.90. The maximum Gasteiger partial charge on any atom is 0.289 e. The van der Waals surface area contributed by atoms with E-state index >= 15 is 0 Å². The van der Waals surface area contributed by atoms with Crippen LogP contribution >= 0.6 is 11.8 Å². The van der Waals surface area contributed by atoms with E-state index in [0.717, 1.165) is 28.2 Å². The van der Waals surface area contributed by atoms with Gasteiger partial charge in [0.25, 0.3) is 5.24 Å². The second kappa shape index (κ2) is 6.49. The molecule has 2 heterocycles. The Balaban J connectivity index is 1.79. The third-order valence-corrected chi connectivity index (χ3v) is 4.47. The van der Waals surface area contributed by atoms with Gasteiger partial charge in [-0.25, -0.2) is 9.38 Å². The van der Waals surface area contributed by atoms with E-state index in [4.69, 9.17) is 0 Å². The van der Waals surface area contributed by atoms with Crippen LogP contribution in [0.15, 0.2) is 70.7 Å². The lowest BCUT2D eigenvalue weighted by molar-refractivity contribution is 0.265. The van der Waals surface area contributed by atoms with Crippen LogP contribution in [0.25, 0.3) is 17.0 Å². The molecule has 0 radical (unpaired) electrons. The molecule has 3 aromatic rings. The summed E-state index contributed by atoms with van der Waals surface area (Å²) in [5.41, 5.74) is 2.19. The summed E-state index contributed by atoms with van der Waals surface area (Å²) in [6.07, 6.45) is 3.60. The number of nitrogens with zero attached hydrogens (tertiary/aromatic N) is 2. The van der Waals surface area contributed by atoms with E-state index < -0.39 is 0 Å². The van der Waals surface area contributed by atoms with Crippen molar-refractivity contribution in [3.8, 4) is 0 Å². The Labute approximate surface area is 147 Å². The van der Waals surface area contributed by atoms with Gasteiger partial charge in [0.05, 0.1) is 16.1 Å². The van der Waals surface area contributed by atoms with Crippen molar-refractivity contribution in [3.63, 3.8) is 0 Å². The normalized spacial score (nSPS) is 17.4. The number of thioether (sulfide) groups is 1. The topological polar surface area (TPSA) is 54.4 Å². The minimum atomic E-state index is -0.373. The molecule has 1 amide bonds. The fourth-order valence-electron chi connectivity index (χ4n) is 2.57. The van der Waals surface area contributed by atoms with Crippen molar-refractivity contribution in [3.05, 3.63) is 77.1 Å². The van der Waals surface area contributed by atoms with Crippen LogP contribution in [-0.2, 0) is 0 Å². The summed E-state index contributed by atoms with van der Waals surface area (Å²) in [6, 6.07) is 15.7. The Morgan fingerprint density at radius 1 is 1.12 bits per heavy atom. The zero-order valence-corrected chi connectivity index (χ0v) is 13.8. The number of para-hydroxylation sites is 1. The van der Waals surface area contributed by atoms with E-state index in [0.29, 0.717) is 16.4 Å². The zero-order chi connectivity index (χ0) is 17.2. The van der Waals surface area contributed by atoms with Crippen molar-refractivity contribution in [1.29, 1.82) is 0 Å². The quantitative estimate of drug-likeness (QED) is 0.716. The lowest BCUT2D eigenvalue weighted by Gasteiger charge is -2.03. The fourth-order valence-corrected chi connectivity index (χ4v) is 3.30. The van der Waals surface area contributed by atoms with Crippen molar-refractivity contribution in [1.82, 2.24) is 10.3 Å². The number of halogens is 1. The summed E-state index contributed by atoms with van der Waals surface area (Å²) in [5.74, 6) is 0.0381. The number of carbonyl (C=O) groups excluding carboxylic acids is 1. The second-order valence-electron chi connectivity index (χ2n) is 5.39. The van der Waals surface area contributed by atoms with Crippen molar-refractivity contribution in [2.24, 2.45) is 4.99 Å². The molecule has 1 aliphatic rings. The van der Waals surface area contributed by atoms with Crippen LogP contribution in [0.3, 0.4) is 0 Å². The number of benzene rings is 2. The van der Waals surface area contributed by atoms with E-state index in [1.54, 1.807) is 18.3 Å². The molecule has 0 aliphatic carbocycles. The number of aromatic nitrogens is 1. The Hall–Kier alpha value is -2.99. The van der Waals surface area contributed by atoms with Crippen LogP contribution in [0.4, 0.5) is 14.9 Å². The number of amidine groups is 1. The lowest BCUT2D eigenvalue weighted by Crippen LogP contribution is -2.18. The highest BCUT2D eigenvalue weighted by atomic mass is 32.2. The first kappa shape index (κ1) is 15.5. The van der Waals surface area contributed by atoms with Crippen LogP contribution < -0.4 is 5.32 Å². The fraction of sp³-hybridized carbons (Fsp3) is 0. The van der Waals surface area contributed by atoms with Crippen LogP contribution in [0.1, 0.15) is 5.56 Å². The highest BCUT2D eigenvalue weighted by molar-refractivity contribution is 8.18. The molecule has 1 aromatic heterocycles. The van der Waals surface area contributed by atoms with Gasteiger partial charge in [-0.1, -0.05) is 30.3 Å². The first-order valence-electron chi connectivity index (χ1n) is 7.58. The number of hydrogen-bond donors (Lipinski definition) is 1. The summed E-state index contributed by atoms with van der Waals surface area (Å²) in [7, 11) is 0. The molecule has 0 bridgehead atoms. The molecular weight excluding hydrogens is 337 g/mol. The number of carbonyl (C=O) groups is 1. The first-order valence-corrected chi connectivity index (χ1v) is 8.39. The van der Waals surface area contributed by atoms with Gasteiger partial charge in [-0.05, 0) is 42.1 Å². The van der Waals surface area contributed by atoms with Crippen LogP contribution in [0.5, 0.6) is 0 Å². The molecule has 122 valence electrons. The number of pyridine rings is 1. The van der Waals surface area contributed by atoms with Gasteiger partial charge in [-0.15, -0.1) is 0 Å². The lowest BCUT2D eigenvalue weighted by atomic mass is 10.1. The van der Waals surface area contributed by atoms with Crippen molar-refractivity contribution in [2.45, 2.75) is 0 Å². The van der Waals surface area contributed by atoms with E-state index in [1.165, 1.54) is 12.1 Å². The molecule has 1 N–H and O–H groups in total. The molecule has 4 rings (SSSR count). The van der Waals surface area contributed by atoms with Gasteiger partial charge in [0, 0.05) is 17.1 Å². The minimum absolute atomic E-state index is 0.213. The average Bonchev–Trinajstić information content (AvgIpc) is 2.94. The SMILES string of the molecule is O=C1NC(=Nc2cccc(F)c2)/C(=C/c2cccc3cccnc23)S1. The number of fused-ring (bicyclic) bond motifs is 1. The summed E-state index contributed by atoms with van der Waals surface area (Å²) < 4.78 is 13.4. The molecule has 0 unspecified atom stereocenters. The number of amides is 1. The van der Waals surface area contributed by atoms with Gasteiger partial charge in [0.1, 0.15) is 11.7 Å². The van der Waals surface area contributed by atoms with E-state index in [9.17, 15) is 9.18 Å².